The topological polar surface area (TPSA) is 45.9 Å². The molecule has 1 aliphatic rings. The minimum atomic E-state index is -0.0562. The molecule has 0 radical (unpaired) electrons. The van der Waals surface area contributed by atoms with Gasteiger partial charge in [0.25, 0.3) is 5.91 Å². The zero-order chi connectivity index (χ0) is 15.5. The number of ether oxygens (including phenoxy) is 1. The van der Waals surface area contributed by atoms with Crippen LogP contribution in [0.3, 0.4) is 0 Å². The highest BCUT2D eigenvalue weighted by molar-refractivity contribution is 5.93. The quantitative estimate of drug-likeness (QED) is 0.871. The van der Waals surface area contributed by atoms with Gasteiger partial charge in [-0.25, -0.2) is 0 Å². The SMILES string of the molecule is CCN1C[C@H](CN(C)C(=O)c2ccoc2)Oc2ccccc21. The van der Waals surface area contributed by atoms with E-state index in [4.69, 9.17) is 9.15 Å². The van der Waals surface area contributed by atoms with Crippen LogP contribution in [0, 0.1) is 0 Å². The fourth-order valence-corrected chi connectivity index (χ4v) is 2.77. The summed E-state index contributed by atoms with van der Waals surface area (Å²) in [6.07, 6.45) is 2.93. The fourth-order valence-electron chi connectivity index (χ4n) is 2.77. The van der Waals surface area contributed by atoms with E-state index in [2.05, 4.69) is 17.9 Å². The number of hydrogen-bond donors (Lipinski definition) is 0. The number of fused-ring (bicyclic) bond motifs is 1. The van der Waals surface area contributed by atoms with E-state index in [1.165, 1.54) is 12.5 Å². The number of amides is 1. The zero-order valence-corrected chi connectivity index (χ0v) is 12.9. The van der Waals surface area contributed by atoms with Crippen molar-refractivity contribution in [2.75, 3.05) is 31.6 Å². The molecule has 2 aromatic rings. The van der Waals surface area contributed by atoms with Crippen molar-refractivity contribution >= 4 is 11.6 Å². The van der Waals surface area contributed by atoms with Gasteiger partial charge in [-0.3, -0.25) is 4.79 Å². The molecular weight excluding hydrogens is 280 g/mol. The lowest BCUT2D eigenvalue weighted by atomic mass is 10.1. The van der Waals surface area contributed by atoms with E-state index in [1.54, 1.807) is 18.0 Å². The van der Waals surface area contributed by atoms with Gasteiger partial charge in [-0.2, -0.15) is 0 Å². The Labute approximate surface area is 130 Å². The molecule has 0 spiro atoms. The van der Waals surface area contributed by atoms with Crippen LogP contribution in [0.4, 0.5) is 5.69 Å². The molecule has 2 heterocycles. The largest absolute Gasteiger partial charge is 0.485 e. The molecule has 22 heavy (non-hydrogen) atoms. The number of carbonyl (C=O) groups excluding carboxylic acids is 1. The van der Waals surface area contributed by atoms with Crippen LogP contribution in [-0.4, -0.2) is 43.6 Å². The van der Waals surface area contributed by atoms with Gasteiger partial charge in [0, 0.05) is 13.6 Å². The lowest BCUT2D eigenvalue weighted by Crippen LogP contribution is -2.46. The minimum Gasteiger partial charge on any atom is -0.485 e. The van der Waals surface area contributed by atoms with Gasteiger partial charge in [-0.15, -0.1) is 0 Å². The van der Waals surface area contributed by atoms with E-state index in [1.807, 2.05) is 18.2 Å². The van der Waals surface area contributed by atoms with Crippen molar-refractivity contribution in [2.24, 2.45) is 0 Å². The molecule has 0 N–H and O–H groups in total. The molecule has 0 saturated carbocycles. The zero-order valence-electron chi connectivity index (χ0n) is 12.9. The summed E-state index contributed by atoms with van der Waals surface area (Å²) in [5, 5.41) is 0. The van der Waals surface area contributed by atoms with Gasteiger partial charge < -0.3 is 19.0 Å². The average Bonchev–Trinajstić information content (AvgIpc) is 3.07. The molecule has 0 unspecified atom stereocenters. The first-order valence-corrected chi connectivity index (χ1v) is 7.47. The highest BCUT2D eigenvalue weighted by Crippen LogP contribution is 2.32. The Balaban J connectivity index is 1.70. The number of carbonyl (C=O) groups is 1. The third-order valence-electron chi connectivity index (χ3n) is 3.90. The van der Waals surface area contributed by atoms with Gasteiger partial charge in [-0.05, 0) is 25.1 Å². The van der Waals surface area contributed by atoms with Crippen LogP contribution in [0.1, 0.15) is 17.3 Å². The smallest absolute Gasteiger partial charge is 0.256 e. The molecule has 5 heteroatoms. The second-order valence-corrected chi connectivity index (χ2v) is 5.44. The third-order valence-corrected chi connectivity index (χ3v) is 3.90. The number of anilines is 1. The summed E-state index contributed by atoms with van der Waals surface area (Å²) in [7, 11) is 1.79. The number of furan rings is 1. The third kappa shape index (κ3) is 2.79. The standard InChI is InChI=1S/C17H20N2O3/c1-3-19-11-14(22-16-7-5-4-6-15(16)19)10-18(2)17(20)13-8-9-21-12-13/h4-9,12,14H,3,10-11H2,1-2H3/t14-/m0/s1. The van der Waals surface area contributed by atoms with Crippen LogP contribution >= 0.6 is 0 Å². The second-order valence-electron chi connectivity index (χ2n) is 5.44. The Hall–Kier alpha value is -2.43. The Morgan fingerprint density at radius 2 is 2.18 bits per heavy atom. The van der Waals surface area contributed by atoms with E-state index in [0.717, 1.165) is 24.5 Å². The maximum atomic E-state index is 12.3. The Bertz CT molecular complexity index is 639. The molecular formula is C17H20N2O3. The van der Waals surface area contributed by atoms with E-state index in [-0.39, 0.29) is 12.0 Å². The maximum Gasteiger partial charge on any atom is 0.256 e. The Morgan fingerprint density at radius 1 is 1.36 bits per heavy atom. The van der Waals surface area contributed by atoms with Crippen LogP contribution in [0.15, 0.2) is 47.3 Å². The summed E-state index contributed by atoms with van der Waals surface area (Å²) in [6.45, 7) is 4.35. The summed E-state index contributed by atoms with van der Waals surface area (Å²) in [5.74, 6) is 0.823. The highest BCUT2D eigenvalue weighted by Gasteiger charge is 2.27. The van der Waals surface area contributed by atoms with Crippen LogP contribution in [-0.2, 0) is 0 Å². The van der Waals surface area contributed by atoms with E-state index >= 15 is 0 Å². The van der Waals surface area contributed by atoms with E-state index in [0.29, 0.717) is 12.1 Å². The molecule has 0 saturated heterocycles. The molecule has 1 amide bonds. The second kappa shape index (κ2) is 6.13. The molecule has 1 atom stereocenters. The summed E-state index contributed by atoms with van der Waals surface area (Å²) in [5.41, 5.74) is 1.68. The van der Waals surface area contributed by atoms with Gasteiger partial charge in [0.15, 0.2) is 0 Å². The Morgan fingerprint density at radius 3 is 2.91 bits per heavy atom. The van der Waals surface area contributed by atoms with Crippen LogP contribution < -0.4 is 9.64 Å². The summed E-state index contributed by atoms with van der Waals surface area (Å²) in [6, 6.07) is 9.70. The number of hydrogen-bond acceptors (Lipinski definition) is 4. The Kier molecular flexibility index (Phi) is 4.04. The predicted molar refractivity (Wildman–Crippen MR) is 84.4 cm³/mol. The number of rotatable bonds is 4. The highest BCUT2D eigenvalue weighted by atomic mass is 16.5. The molecule has 116 valence electrons. The molecule has 0 aliphatic carbocycles. The number of likely N-dealkylation sites (N-methyl/N-ethyl adjacent to an activating group) is 2. The van der Waals surface area contributed by atoms with Crippen LogP contribution in [0.2, 0.25) is 0 Å². The molecule has 1 aromatic heterocycles. The van der Waals surface area contributed by atoms with Crippen molar-refractivity contribution in [3.63, 3.8) is 0 Å². The molecule has 1 aromatic carbocycles. The predicted octanol–water partition coefficient (Wildman–Crippen LogP) is 2.64. The van der Waals surface area contributed by atoms with Gasteiger partial charge in [0.05, 0.1) is 30.6 Å². The first kappa shape index (κ1) is 14.5. The summed E-state index contributed by atoms with van der Waals surface area (Å²) < 4.78 is 11.0. The monoisotopic (exact) mass is 300 g/mol. The first-order valence-electron chi connectivity index (χ1n) is 7.47. The van der Waals surface area contributed by atoms with Crippen molar-refractivity contribution in [1.82, 2.24) is 4.90 Å². The van der Waals surface area contributed by atoms with Gasteiger partial charge in [0.1, 0.15) is 18.1 Å². The molecule has 1 aliphatic heterocycles. The van der Waals surface area contributed by atoms with Gasteiger partial charge in [-0.1, -0.05) is 12.1 Å². The van der Waals surface area contributed by atoms with Crippen molar-refractivity contribution < 1.29 is 13.9 Å². The number of nitrogens with zero attached hydrogens (tertiary/aromatic N) is 2. The first-order chi connectivity index (χ1) is 10.7. The lowest BCUT2D eigenvalue weighted by molar-refractivity contribution is 0.0709. The van der Waals surface area contributed by atoms with Crippen molar-refractivity contribution in [2.45, 2.75) is 13.0 Å². The van der Waals surface area contributed by atoms with Gasteiger partial charge >= 0.3 is 0 Å². The number of benzene rings is 1. The summed E-state index contributed by atoms with van der Waals surface area (Å²) in [4.78, 5) is 16.2. The van der Waals surface area contributed by atoms with E-state index < -0.39 is 0 Å². The molecule has 3 rings (SSSR count). The van der Waals surface area contributed by atoms with Crippen molar-refractivity contribution in [3.05, 3.63) is 48.4 Å². The molecule has 0 bridgehead atoms. The average molecular weight is 300 g/mol. The van der Waals surface area contributed by atoms with Gasteiger partial charge in [0.2, 0.25) is 0 Å². The molecule has 0 fully saturated rings. The van der Waals surface area contributed by atoms with Crippen molar-refractivity contribution in [3.8, 4) is 5.75 Å². The maximum absolute atomic E-state index is 12.3. The van der Waals surface area contributed by atoms with Crippen LogP contribution in [0.25, 0.3) is 0 Å². The normalized spacial score (nSPS) is 16.8. The molecule has 5 nitrogen and oxygen atoms in total. The van der Waals surface area contributed by atoms with Crippen molar-refractivity contribution in [1.29, 1.82) is 0 Å². The summed E-state index contributed by atoms with van der Waals surface area (Å²) >= 11 is 0. The fraction of sp³-hybridized carbons (Fsp3) is 0.353. The minimum absolute atomic E-state index is 0.0456. The number of para-hydroxylation sites is 2. The lowest BCUT2D eigenvalue weighted by Gasteiger charge is -2.37. The van der Waals surface area contributed by atoms with E-state index in [9.17, 15) is 4.79 Å². The van der Waals surface area contributed by atoms with Crippen LogP contribution in [0.5, 0.6) is 5.75 Å².